The average Bonchev–Trinajstić information content (AvgIpc) is 2.76. The first-order chi connectivity index (χ1) is 16.2. The standard InChI is InChI=1S/C24H30Cl3N3O4S/c1-6-16(3)28-24(32)17(4)29(13-18-7-8-20(26)12-21(18)27)23(31)14-30(35(5,33)34)22-10-9-19(25)11-15(22)2/h7-12,16-17H,6,13-14H2,1-5H3,(H,28,32)/t16-,17+/m1/s1. The summed E-state index contributed by atoms with van der Waals surface area (Å²) < 4.78 is 26.4. The summed E-state index contributed by atoms with van der Waals surface area (Å²) in [6.07, 6.45) is 1.74. The topological polar surface area (TPSA) is 86.8 Å². The Balaban J connectivity index is 2.45. The molecule has 11 heteroatoms. The summed E-state index contributed by atoms with van der Waals surface area (Å²) in [6.45, 7) is 6.58. The molecule has 0 aromatic heterocycles. The highest BCUT2D eigenvalue weighted by molar-refractivity contribution is 7.92. The van der Waals surface area contributed by atoms with Gasteiger partial charge in [0.25, 0.3) is 0 Å². The normalized spacial score (nSPS) is 13.1. The lowest BCUT2D eigenvalue weighted by Gasteiger charge is -2.32. The highest BCUT2D eigenvalue weighted by Gasteiger charge is 2.31. The van der Waals surface area contributed by atoms with E-state index in [1.165, 1.54) is 4.90 Å². The van der Waals surface area contributed by atoms with E-state index in [1.807, 2.05) is 13.8 Å². The second-order valence-corrected chi connectivity index (χ2v) is 11.6. The number of halogens is 3. The number of sulfonamides is 1. The van der Waals surface area contributed by atoms with Crippen LogP contribution >= 0.6 is 34.8 Å². The number of hydrogen-bond donors (Lipinski definition) is 1. The summed E-state index contributed by atoms with van der Waals surface area (Å²) in [4.78, 5) is 27.8. The molecule has 0 radical (unpaired) electrons. The quantitative estimate of drug-likeness (QED) is 0.439. The first-order valence-corrected chi connectivity index (χ1v) is 14.0. The monoisotopic (exact) mass is 561 g/mol. The largest absolute Gasteiger partial charge is 0.352 e. The number of aryl methyl sites for hydroxylation is 1. The van der Waals surface area contributed by atoms with Gasteiger partial charge in [-0.05, 0) is 68.7 Å². The molecule has 192 valence electrons. The zero-order chi connectivity index (χ0) is 26.5. The Kier molecular flexibility index (Phi) is 10.3. The SMILES string of the molecule is CC[C@@H](C)NC(=O)[C@H](C)N(Cc1ccc(Cl)cc1Cl)C(=O)CN(c1ccc(Cl)cc1C)S(C)(=O)=O. The van der Waals surface area contributed by atoms with E-state index < -0.39 is 28.5 Å². The van der Waals surface area contributed by atoms with Crippen molar-refractivity contribution in [2.75, 3.05) is 17.1 Å². The molecule has 0 saturated heterocycles. The molecule has 0 spiro atoms. The minimum Gasteiger partial charge on any atom is -0.352 e. The predicted molar refractivity (Wildman–Crippen MR) is 143 cm³/mol. The molecule has 0 aliphatic heterocycles. The Labute approximate surface area is 222 Å². The van der Waals surface area contributed by atoms with E-state index in [2.05, 4.69) is 5.32 Å². The Morgan fingerprint density at radius 3 is 2.17 bits per heavy atom. The summed E-state index contributed by atoms with van der Waals surface area (Å²) in [5.41, 5.74) is 1.48. The van der Waals surface area contributed by atoms with Crippen LogP contribution in [-0.2, 0) is 26.2 Å². The van der Waals surface area contributed by atoms with Crippen LogP contribution in [0.4, 0.5) is 5.69 Å². The highest BCUT2D eigenvalue weighted by Crippen LogP contribution is 2.27. The Hall–Kier alpha value is -2.00. The lowest BCUT2D eigenvalue weighted by atomic mass is 10.1. The van der Waals surface area contributed by atoms with Crippen molar-refractivity contribution in [3.63, 3.8) is 0 Å². The second kappa shape index (κ2) is 12.3. The van der Waals surface area contributed by atoms with Crippen LogP contribution in [-0.4, -0.2) is 50.0 Å². The summed E-state index contributed by atoms with van der Waals surface area (Å²) >= 11 is 18.4. The maximum Gasteiger partial charge on any atom is 0.244 e. The van der Waals surface area contributed by atoms with Crippen molar-refractivity contribution in [3.8, 4) is 0 Å². The third-order valence-corrected chi connectivity index (χ3v) is 7.58. The molecule has 0 bridgehead atoms. The van der Waals surface area contributed by atoms with Crippen LogP contribution in [0.5, 0.6) is 0 Å². The highest BCUT2D eigenvalue weighted by atomic mass is 35.5. The van der Waals surface area contributed by atoms with Crippen LogP contribution in [0.3, 0.4) is 0 Å². The van der Waals surface area contributed by atoms with Gasteiger partial charge in [0.05, 0.1) is 11.9 Å². The van der Waals surface area contributed by atoms with Gasteiger partial charge >= 0.3 is 0 Å². The molecule has 35 heavy (non-hydrogen) atoms. The first-order valence-electron chi connectivity index (χ1n) is 11.0. The van der Waals surface area contributed by atoms with Crippen molar-refractivity contribution in [2.45, 2.75) is 52.7 Å². The van der Waals surface area contributed by atoms with Crippen LogP contribution in [0.25, 0.3) is 0 Å². The number of rotatable bonds is 10. The van der Waals surface area contributed by atoms with Crippen LogP contribution in [0, 0.1) is 6.92 Å². The van der Waals surface area contributed by atoms with Crippen LogP contribution in [0.15, 0.2) is 36.4 Å². The van der Waals surface area contributed by atoms with E-state index in [0.29, 0.717) is 38.3 Å². The third kappa shape index (κ3) is 8.00. The Morgan fingerprint density at radius 2 is 1.63 bits per heavy atom. The van der Waals surface area contributed by atoms with Gasteiger partial charge in [0.1, 0.15) is 12.6 Å². The van der Waals surface area contributed by atoms with Gasteiger partial charge in [0.2, 0.25) is 21.8 Å². The maximum atomic E-state index is 13.6. The van der Waals surface area contributed by atoms with Crippen molar-refractivity contribution >= 4 is 62.3 Å². The van der Waals surface area contributed by atoms with E-state index in [0.717, 1.165) is 10.6 Å². The van der Waals surface area contributed by atoms with Gasteiger partial charge in [0, 0.05) is 27.7 Å². The molecule has 2 aromatic rings. The van der Waals surface area contributed by atoms with E-state index in [4.69, 9.17) is 34.8 Å². The molecule has 2 amide bonds. The molecule has 1 N–H and O–H groups in total. The molecule has 0 heterocycles. The zero-order valence-electron chi connectivity index (χ0n) is 20.3. The van der Waals surface area contributed by atoms with Crippen LogP contribution < -0.4 is 9.62 Å². The smallest absolute Gasteiger partial charge is 0.244 e. The number of carbonyl (C=O) groups excluding carboxylic acids is 2. The van der Waals surface area contributed by atoms with Crippen molar-refractivity contribution < 1.29 is 18.0 Å². The molecule has 0 aliphatic carbocycles. The first kappa shape index (κ1) is 29.2. The predicted octanol–water partition coefficient (Wildman–Crippen LogP) is 5.05. The van der Waals surface area contributed by atoms with E-state index in [-0.39, 0.29) is 18.5 Å². The van der Waals surface area contributed by atoms with Crippen molar-refractivity contribution in [1.82, 2.24) is 10.2 Å². The maximum absolute atomic E-state index is 13.6. The van der Waals surface area contributed by atoms with Gasteiger partial charge in [-0.25, -0.2) is 8.42 Å². The lowest BCUT2D eigenvalue weighted by molar-refractivity contribution is -0.139. The number of benzene rings is 2. The van der Waals surface area contributed by atoms with E-state index in [9.17, 15) is 18.0 Å². The summed E-state index contributed by atoms with van der Waals surface area (Å²) in [7, 11) is -3.84. The molecule has 7 nitrogen and oxygen atoms in total. The number of carbonyl (C=O) groups is 2. The minimum absolute atomic E-state index is 0.0128. The van der Waals surface area contributed by atoms with Crippen molar-refractivity contribution in [1.29, 1.82) is 0 Å². The molecule has 0 fully saturated rings. The number of hydrogen-bond acceptors (Lipinski definition) is 4. The van der Waals surface area contributed by atoms with Crippen molar-refractivity contribution in [3.05, 3.63) is 62.6 Å². The third-order valence-electron chi connectivity index (χ3n) is 5.63. The van der Waals surface area contributed by atoms with Gasteiger partial charge < -0.3 is 10.2 Å². The van der Waals surface area contributed by atoms with Gasteiger partial charge in [-0.1, -0.05) is 47.8 Å². The molecule has 2 aromatic carbocycles. The van der Waals surface area contributed by atoms with Gasteiger partial charge in [-0.2, -0.15) is 0 Å². The molecular formula is C24H30Cl3N3O4S. The summed E-state index contributed by atoms with van der Waals surface area (Å²) in [5, 5.41) is 4.08. The van der Waals surface area contributed by atoms with Gasteiger partial charge in [-0.15, -0.1) is 0 Å². The van der Waals surface area contributed by atoms with E-state index >= 15 is 0 Å². The summed E-state index contributed by atoms with van der Waals surface area (Å²) in [5.74, 6) is -0.922. The van der Waals surface area contributed by atoms with Crippen LogP contribution in [0.2, 0.25) is 15.1 Å². The molecule has 0 saturated carbocycles. The minimum atomic E-state index is -3.84. The second-order valence-electron chi connectivity index (χ2n) is 8.45. The zero-order valence-corrected chi connectivity index (χ0v) is 23.4. The molecule has 2 rings (SSSR count). The molecular weight excluding hydrogens is 533 g/mol. The molecule has 0 unspecified atom stereocenters. The molecule has 2 atom stereocenters. The number of nitrogens with zero attached hydrogens (tertiary/aromatic N) is 2. The van der Waals surface area contributed by atoms with Crippen LogP contribution in [0.1, 0.15) is 38.3 Å². The average molecular weight is 563 g/mol. The fourth-order valence-corrected chi connectivity index (χ4v) is 4.98. The number of anilines is 1. The van der Waals surface area contributed by atoms with Crippen molar-refractivity contribution in [2.24, 2.45) is 0 Å². The lowest BCUT2D eigenvalue weighted by Crippen LogP contribution is -2.52. The summed E-state index contributed by atoms with van der Waals surface area (Å²) in [6, 6.07) is 8.58. The van der Waals surface area contributed by atoms with E-state index in [1.54, 1.807) is 50.2 Å². The number of nitrogens with one attached hydrogen (secondary N) is 1. The Bertz CT molecular complexity index is 1190. The Morgan fingerprint density at radius 1 is 1.03 bits per heavy atom. The van der Waals surface area contributed by atoms with Gasteiger partial charge in [-0.3, -0.25) is 13.9 Å². The fourth-order valence-electron chi connectivity index (χ4n) is 3.38. The molecule has 0 aliphatic rings. The number of amides is 2. The van der Waals surface area contributed by atoms with Gasteiger partial charge in [0.15, 0.2) is 0 Å². The fraction of sp³-hybridized carbons (Fsp3) is 0.417.